The first-order valence-electron chi connectivity index (χ1n) is 9.52. The number of piperazine rings is 1. The van der Waals surface area contributed by atoms with Crippen LogP contribution in [0.1, 0.15) is 19.8 Å². The molecule has 3 rings (SSSR count). The highest BCUT2D eigenvalue weighted by atomic mass is 16.5. The van der Waals surface area contributed by atoms with Crippen LogP contribution < -0.4 is 9.64 Å². The molecule has 6 heteroatoms. The van der Waals surface area contributed by atoms with E-state index >= 15 is 0 Å². The number of hydrogen-bond donors (Lipinski definition) is 1. The van der Waals surface area contributed by atoms with E-state index in [0.29, 0.717) is 0 Å². The summed E-state index contributed by atoms with van der Waals surface area (Å²) in [4.78, 5) is 11.5. The first-order chi connectivity index (χ1) is 12.1. The molecule has 6 nitrogen and oxygen atoms in total. The second-order valence-corrected chi connectivity index (χ2v) is 7.48. The summed E-state index contributed by atoms with van der Waals surface area (Å²) >= 11 is 0. The predicted molar refractivity (Wildman–Crippen MR) is 100 cm³/mol. The van der Waals surface area contributed by atoms with Crippen LogP contribution in [0.3, 0.4) is 0 Å². The van der Waals surface area contributed by atoms with Gasteiger partial charge in [0.2, 0.25) is 0 Å². The van der Waals surface area contributed by atoms with E-state index < -0.39 is 0 Å². The van der Waals surface area contributed by atoms with Gasteiger partial charge >= 0.3 is 0 Å². The van der Waals surface area contributed by atoms with E-state index in [9.17, 15) is 5.11 Å². The molecule has 1 unspecified atom stereocenters. The number of β-amino-alcohol motifs (C(OH)–C–C–N with tert-alkyl or cyclic N) is 1. The number of aromatic nitrogens is 1. The van der Waals surface area contributed by atoms with Gasteiger partial charge in [0.15, 0.2) is 0 Å². The van der Waals surface area contributed by atoms with Gasteiger partial charge in [-0.3, -0.25) is 4.90 Å². The third-order valence-corrected chi connectivity index (χ3v) is 5.46. The van der Waals surface area contributed by atoms with Crippen LogP contribution in [0, 0.1) is 5.92 Å². The molecule has 140 valence electrons. The summed E-state index contributed by atoms with van der Waals surface area (Å²) in [5, 5.41) is 10.4. The largest absolute Gasteiger partial charge is 0.497 e. The lowest BCUT2D eigenvalue weighted by atomic mass is 9.99. The smallest absolute Gasteiger partial charge is 0.132 e. The number of hydrogen-bond acceptors (Lipinski definition) is 6. The van der Waals surface area contributed by atoms with E-state index in [0.717, 1.165) is 69.8 Å². The summed E-state index contributed by atoms with van der Waals surface area (Å²) < 4.78 is 5.28. The van der Waals surface area contributed by atoms with E-state index in [4.69, 9.17) is 4.74 Å². The van der Waals surface area contributed by atoms with Crippen LogP contribution in [-0.2, 0) is 0 Å². The van der Waals surface area contributed by atoms with Crippen molar-refractivity contribution in [2.24, 2.45) is 5.92 Å². The number of nitrogens with zero attached hydrogens (tertiary/aromatic N) is 4. The van der Waals surface area contributed by atoms with Crippen LogP contribution >= 0.6 is 0 Å². The highest BCUT2D eigenvalue weighted by Gasteiger charge is 2.23. The highest BCUT2D eigenvalue weighted by Crippen LogP contribution is 2.20. The number of aliphatic hydroxyl groups excluding tert-OH is 1. The lowest BCUT2D eigenvalue weighted by Crippen LogP contribution is -2.50. The van der Waals surface area contributed by atoms with E-state index in [1.807, 2.05) is 12.1 Å². The summed E-state index contributed by atoms with van der Waals surface area (Å²) in [6.07, 6.45) is 4.07. The van der Waals surface area contributed by atoms with Gasteiger partial charge in [-0.05, 0) is 37.9 Å². The van der Waals surface area contributed by atoms with Gasteiger partial charge in [0.1, 0.15) is 11.6 Å². The fraction of sp³-hybridized carbons (Fsp3) is 0.737. The van der Waals surface area contributed by atoms with Gasteiger partial charge in [-0.15, -0.1) is 0 Å². The Morgan fingerprint density at radius 2 is 1.76 bits per heavy atom. The van der Waals surface area contributed by atoms with Gasteiger partial charge < -0.3 is 19.6 Å². The zero-order valence-electron chi connectivity index (χ0n) is 15.6. The molecule has 2 saturated heterocycles. The second-order valence-electron chi connectivity index (χ2n) is 7.48. The van der Waals surface area contributed by atoms with Crippen molar-refractivity contribution in [2.45, 2.75) is 25.9 Å². The molecule has 0 saturated carbocycles. The molecule has 0 amide bonds. The maximum absolute atomic E-state index is 10.4. The Morgan fingerprint density at radius 1 is 1.12 bits per heavy atom. The Kier molecular flexibility index (Phi) is 6.51. The maximum Gasteiger partial charge on any atom is 0.132 e. The molecule has 0 spiro atoms. The van der Waals surface area contributed by atoms with Gasteiger partial charge in [-0.1, -0.05) is 6.92 Å². The monoisotopic (exact) mass is 348 g/mol. The summed E-state index contributed by atoms with van der Waals surface area (Å²) in [5.41, 5.74) is 0. The third-order valence-electron chi connectivity index (χ3n) is 5.46. The average Bonchev–Trinajstić information content (AvgIpc) is 2.64. The van der Waals surface area contributed by atoms with Gasteiger partial charge in [-0.2, -0.15) is 0 Å². The van der Waals surface area contributed by atoms with Gasteiger partial charge in [0.05, 0.1) is 13.2 Å². The standard InChI is InChI=1S/C19H32N4O2/c1-16-4-7-21(8-5-16)14-17(24)15-22-9-11-23(12-10-22)19-13-18(25-2)3-6-20-19/h3,6,13,16-17,24H,4-5,7-12,14-15H2,1-2H3. The molecule has 0 bridgehead atoms. The molecule has 25 heavy (non-hydrogen) atoms. The molecular weight excluding hydrogens is 316 g/mol. The van der Waals surface area contributed by atoms with Crippen molar-refractivity contribution >= 4 is 5.82 Å². The minimum atomic E-state index is -0.255. The fourth-order valence-electron chi connectivity index (χ4n) is 3.76. The number of piperidine rings is 1. The number of methoxy groups -OCH3 is 1. The second kappa shape index (κ2) is 8.83. The molecule has 0 radical (unpaired) electrons. The number of aliphatic hydroxyl groups is 1. The van der Waals surface area contributed by atoms with Crippen LogP contribution in [0.5, 0.6) is 5.75 Å². The summed E-state index contributed by atoms with van der Waals surface area (Å²) in [6, 6.07) is 3.86. The van der Waals surface area contributed by atoms with E-state index in [1.165, 1.54) is 12.8 Å². The SMILES string of the molecule is COc1ccnc(N2CCN(CC(O)CN3CCC(C)CC3)CC2)c1. The molecule has 2 aliphatic rings. The van der Waals surface area contributed by atoms with Crippen LogP contribution in [0.4, 0.5) is 5.82 Å². The minimum absolute atomic E-state index is 0.255. The minimum Gasteiger partial charge on any atom is -0.497 e. The Labute approximate surface area is 151 Å². The van der Waals surface area contributed by atoms with Crippen molar-refractivity contribution in [2.75, 3.05) is 64.4 Å². The number of pyridine rings is 1. The molecule has 3 heterocycles. The molecule has 1 N–H and O–H groups in total. The number of likely N-dealkylation sites (tertiary alicyclic amines) is 1. The third kappa shape index (κ3) is 5.30. The highest BCUT2D eigenvalue weighted by molar-refractivity contribution is 5.43. The van der Waals surface area contributed by atoms with Crippen molar-refractivity contribution in [3.63, 3.8) is 0 Å². The Bertz CT molecular complexity index is 526. The van der Waals surface area contributed by atoms with Gasteiger partial charge in [0, 0.05) is 51.5 Å². The fourth-order valence-corrected chi connectivity index (χ4v) is 3.76. The molecule has 0 aromatic carbocycles. The Hall–Kier alpha value is -1.37. The summed E-state index contributed by atoms with van der Waals surface area (Å²) in [6.45, 7) is 9.98. The molecule has 1 aromatic rings. The van der Waals surface area contributed by atoms with Crippen molar-refractivity contribution < 1.29 is 9.84 Å². The number of anilines is 1. The predicted octanol–water partition coefficient (Wildman–Crippen LogP) is 1.30. The van der Waals surface area contributed by atoms with Crippen LogP contribution in [-0.4, -0.2) is 85.5 Å². The normalized spacial score (nSPS) is 22.1. The van der Waals surface area contributed by atoms with E-state index in [-0.39, 0.29) is 6.10 Å². The summed E-state index contributed by atoms with van der Waals surface area (Å²) in [5.74, 6) is 2.66. The Morgan fingerprint density at radius 3 is 2.40 bits per heavy atom. The molecule has 1 aromatic heterocycles. The zero-order chi connectivity index (χ0) is 17.6. The quantitative estimate of drug-likeness (QED) is 0.836. The van der Waals surface area contributed by atoms with E-state index in [2.05, 4.69) is 26.6 Å². The maximum atomic E-state index is 10.4. The molecular formula is C19H32N4O2. The lowest BCUT2D eigenvalue weighted by molar-refractivity contribution is 0.0597. The molecule has 2 aliphatic heterocycles. The van der Waals surface area contributed by atoms with E-state index in [1.54, 1.807) is 13.3 Å². The van der Waals surface area contributed by atoms with Crippen LogP contribution in [0.25, 0.3) is 0 Å². The molecule has 2 fully saturated rings. The van der Waals surface area contributed by atoms with Gasteiger partial charge in [0.25, 0.3) is 0 Å². The average molecular weight is 348 g/mol. The van der Waals surface area contributed by atoms with Crippen LogP contribution in [0.2, 0.25) is 0 Å². The van der Waals surface area contributed by atoms with Crippen molar-refractivity contribution in [1.29, 1.82) is 0 Å². The van der Waals surface area contributed by atoms with Crippen molar-refractivity contribution in [1.82, 2.24) is 14.8 Å². The first kappa shape index (κ1) is 18.4. The zero-order valence-corrected chi connectivity index (χ0v) is 15.6. The van der Waals surface area contributed by atoms with Crippen molar-refractivity contribution in [3.8, 4) is 5.75 Å². The lowest BCUT2D eigenvalue weighted by Gasteiger charge is -2.37. The number of ether oxygens (including phenoxy) is 1. The topological polar surface area (TPSA) is 52.1 Å². The first-order valence-corrected chi connectivity index (χ1v) is 9.52. The number of rotatable bonds is 6. The summed E-state index contributed by atoms with van der Waals surface area (Å²) in [7, 11) is 1.68. The van der Waals surface area contributed by atoms with Crippen LogP contribution in [0.15, 0.2) is 18.3 Å². The van der Waals surface area contributed by atoms with Crippen molar-refractivity contribution in [3.05, 3.63) is 18.3 Å². The Balaban J connectivity index is 1.41. The molecule has 1 atom stereocenters. The molecule has 0 aliphatic carbocycles. The van der Waals surface area contributed by atoms with Gasteiger partial charge in [-0.25, -0.2) is 4.98 Å².